The van der Waals surface area contributed by atoms with Gasteiger partial charge >= 0.3 is 0 Å². The van der Waals surface area contributed by atoms with Gasteiger partial charge in [0.2, 0.25) is 5.95 Å². The quantitative estimate of drug-likeness (QED) is 0.639. The molecule has 3 N–H and O–H groups in total. The van der Waals surface area contributed by atoms with Gasteiger partial charge in [-0.1, -0.05) is 0 Å². The van der Waals surface area contributed by atoms with Gasteiger partial charge in [0.25, 0.3) is 0 Å². The Morgan fingerprint density at radius 1 is 1.53 bits per heavy atom. The van der Waals surface area contributed by atoms with Crippen molar-refractivity contribution in [3.63, 3.8) is 0 Å². The highest BCUT2D eigenvalue weighted by molar-refractivity contribution is 7.16. The third kappa shape index (κ3) is 2.32. The summed E-state index contributed by atoms with van der Waals surface area (Å²) in [5.74, 6) is 6.74. The third-order valence-electron chi connectivity index (χ3n) is 3.16. The van der Waals surface area contributed by atoms with Crippen LogP contribution in [-0.4, -0.2) is 22.6 Å². The number of nitrogens with one attached hydrogen (secondary N) is 1. The van der Waals surface area contributed by atoms with E-state index in [-0.39, 0.29) is 0 Å². The number of fused-ring (bicyclic) bond motifs is 1. The van der Waals surface area contributed by atoms with Gasteiger partial charge in [-0.2, -0.15) is 10.2 Å². The number of nitrogens with two attached hydrogens (primary N) is 1. The van der Waals surface area contributed by atoms with Gasteiger partial charge in [0, 0.05) is 12.6 Å². The Balaban J connectivity index is 2.05. The molecule has 6 nitrogen and oxygen atoms in total. The van der Waals surface area contributed by atoms with Crippen molar-refractivity contribution in [3.8, 4) is 6.07 Å². The summed E-state index contributed by atoms with van der Waals surface area (Å²) in [5.41, 5.74) is 2.51. The van der Waals surface area contributed by atoms with Crippen molar-refractivity contribution in [1.82, 2.24) is 9.97 Å². The van der Waals surface area contributed by atoms with Crippen molar-refractivity contribution >= 4 is 33.3 Å². The molecule has 0 atom stereocenters. The van der Waals surface area contributed by atoms with E-state index in [9.17, 15) is 0 Å². The first kappa shape index (κ1) is 12.1. The van der Waals surface area contributed by atoms with E-state index in [2.05, 4.69) is 26.4 Å². The Labute approximate surface area is 114 Å². The van der Waals surface area contributed by atoms with Gasteiger partial charge in [-0.3, -0.25) is 5.43 Å². The average Bonchev–Trinajstić information content (AvgIpc) is 3.16. The van der Waals surface area contributed by atoms with E-state index in [0.29, 0.717) is 25.0 Å². The van der Waals surface area contributed by atoms with Crippen LogP contribution < -0.4 is 16.2 Å². The second kappa shape index (κ2) is 4.99. The van der Waals surface area contributed by atoms with Crippen molar-refractivity contribution in [2.75, 3.05) is 16.9 Å². The summed E-state index contributed by atoms with van der Waals surface area (Å²) in [4.78, 5) is 11.9. The molecule has 2 heterocycles. The minimum absolute atomic E-state index is 0.424. The Hall–Kier alpha value is -1.91. The number of nitrogen functional groups attached to an aromatic ring is 1. The fraction of sp³-hybridized carbons (Fsp3) is 0.417. The van der Waals surface area contributed by atoms with Crippen molar-refractivity contribution < 1.29 is 0 Å². The fourth-order valence-corrected chi connectivity index (χ4v) is 2.90. The van der Waals surface area contributed by atoms with Crippen LogP contribution in [0.1, 0.15) is 19.3 Å². The second-order valence-corrected chi connectivity index (χ2v) is 5.38. The van der Waals surface area contributed by atoms with Gasteiger partial charge in [0.15, 0.2) is 0 Å². The molecule has 0 bridgehead atoms. The number of rotatable bonds is 5. The highest BCUT2D eigenvalue weighted by Gasteiger charge is 2.31. The van der Waals surface area contributed by atoms with Crippen LogP contribution in [0.25, 0.3) is 10.2 Å². The van der Waals surface area contributed by atoms with Gasteiger partial charge in [-0.25, -0.2) is 10.8 Å². The number of hydrogen-bond acceptors (Lipinski definition) is 7. The Kier molecular flexibility index (Phi) is 3.19. The predicted octanol–water partition coefficient (Wildman–Crippen LogP) is 1.86. The zero-order valence-electron chi connectivity index (χ0n) is 10.3. The van der Waals surface area contributed by atoms with E-state index in [4.69, 9.17) is 11.1 Å². The summed E-state index contributed by atoms with van der Waals surface area (Å²) in [5, 5.41) is 11.8. The maximum Gasteiger partial charge on any atom is 0.240 e. The minimum atomic E-state index is 0.424. The lowest BCUT2D eigenvalue weighted by atomic mass is 10.3. The topological polar surface area (TPSA) is 90.9 Å². The smallest absolute Gasteiger partial charge is 0.240 e. The maximum atomic E-state index is 8.80. The number of thiophene rings is 1. The fourth-order valence-electron chi connectivity index (χ4n) is 2.14. The van der Waals surface area contributed by atoms with Crippen LogP contribution in [0, 0.1) is 11.3 Å². The molecular weight excluding hydrogens is 260 g/mol. The van der Waals surface area contributed by atoms with Crippen molar-refractivity contribution in [3.05, 3.63) is 11.4 Å². The molecule has 7 heteroatoms. The molecule has 0 saturated heterocycles. The average molecular weight is 274 g/mol. The summed E-state index contributed by atoms with van der Waals surface area (Å²) >= 11 is 1.57. The molecule has 3 rings (SSSR count). The van der Waals surface area contributed by atoms with Crippen molar-refractivity contribution in [2.24, 2.45) is 5.84 Å². The molecule has 1 fully saturated rings. The first-order valence-corrected chi connectivity index (χ1v) is 7.07. The van der Waals surface area contributed by atoms with Gasteiger partial charge in [-0.05, 0) is 24.3 Å². The first-order valence-electron chi connectivity index (χ1n) is 6.19. The summed E-state index contributed by atoms with van der Waals surface area (Å²) < 4.78 is 0. The molecule has 19 heavy (non-hydrogen) atoms. The molecular formula is C12H14N6S. The van der Waals surface area contributed by atoms with E-state index in [0.717, 1.165) is 28.9 Å². The standard InChI is InChI=1S/C12H14N6S/c13-5-1-6-18(8-2-3-8)10-9-4-7-19-11(9)16-12(15-10)17-14/h4,7-8H,1-3,6,14H2,(H,15,16,17). The van der Waals surface area contributed by atoms with Gasteiger partial charge in [0.1, 0.15) is 10.6 Å². The highest BCUT2D eigenvalue weighted by atomic mass is 32.1. The summed E-state index contributed by atoms with van der Waals surface area (Å²) in [6.45, 7) is 0.702. The highest BCUT2D eigenvalue weighted by Crippen LogP contribution is 2.36. The van der Waals surface area contributed by atoms with E-state index >= 15 is 0 Å². The van der Waals surface area contributed by atoms with Gasteiger partial charge in [-0.15, -0.1) is 11.3 Å². The summed E-state index contributed by atoms with van der Waals surface area (Å²) in [7, 11) is 0. The minimum Gasteiger partial charge on any atom is -0.352 e. The van der Waals surface area contributed by atoms with Crippen molar-refractivity contribution in [1.29, 1.82) is 5.26 Å². The number of hydrogen-bond donors (Lipinski definition) is 2. The maximum absolute atomic E-state index is 8.80. The third-order valence-corrected chi connectivity index (χ3v) is 3.96. The van der Waals surface area contributed by atoms with Crippen LogP contribution in [0.2, 0.25) is 0 Å². The monoisotopic (exact) mass is 274 g/mol. The van der Waals surface area contributed by atoms with Gasteiger partial charge < -0.3 is 4.90 Å². The predicted molar refractivity (Wildman–Crippen MR) is 75.8 cm³/mol. The van der Waals surface area contributed by atoms with Crippen molar-refractivity contribution in [2.45, 2.75) is 25.3 Å². The second-order valence-electron chi connectivity index (χ2n) is 4.49. The lowest BCUT2D eigenvalue weighted by molar-refractivity contribution is 0.781. The zero-order valence-corrected chi connectivity index (χ0v) is 11.2. The number of nitrogens with zero attached hydrogens (tertiary/aromatic N) is 4. The molecule has 0 spiro atoms. The molecule has 1 aliphatic rings. The lowest BCUT2D eigenvalue weighted by Crippen LogP contribution is -2.28. The van der Waals surface area contributed by atoms with E-state index < -0.39 is 0 Å². The number of nitriles is 1. The van der Waals surface area contributed by atoms with Crippen LogP contribution in [-0.2, 0) is 0 Å². The largest absolute Gasteiger partial charge is 0.352 e. The Bertz CT molecular complexity index is 627. The van der Waals surface area contributed by atoms with E-state index in [1.165, 1.54) is 0 Å². The van der Waals surface area contributed by atoms with Gasteiger partial charge in [0.05, 0.1) is 17.9 Å². The van der Waals surface area contributed by atoms with Crippen LogP contribution in [0.15, 0.2) is 11.4 Å². The number of anilines is 2. The molecule has 98 valence electrons. The molecule has 0 amide bonds. The Morgan fingerprint density at radius 2 is 2.37 bits per heavy atom. The van der Waals surface area contributed by atoms with Crippen LogP contribution in [0.4, 0.5) is 11.8 Å². The normalized spacial score (nSPS) is 14.3. The molecule has 0 unspecified atom stereocenters. The summed E-state index contributed by atoms with van der Waals surface area (Å²) in [6, 6.07) is 4.72. The zero-order chi connectivity index (χ0) is 13.2. The SMILES string of the molecule is N#CCCN(c1nc(NN)nc2sccc12)C1CC1. The molecule has 1 saturated carbocycles. The summed E-state index contributed by atoms with van der Waals surface area (Å²) in [6.07, 6.45) is 2.82. The van der Waals surface area contributed by atoms with Crippen LogP contribution in [0.3, 0.4) is 0 Å². The van der Waals surface area contributed by atoms with E-state index in [1.54, 1.807) is 11.3 Å². The molecule has 0 aliphatic heterocycles. The molecule has 0 radical (unpaired) electrons. The Morgan fingerprint density at radius 3 is 3.05 bits per heavy atom. The number of aromatic nitrogens is 2. The van der Waals surface area contributed by atoms with E-state index in [1.807, 2.05) is 11.4 Å². The number of hydrazine groups is 1. The molecule has 2 aromatic heterocycles. The first-order chi connectivity index (χ1) is 9.33. The molecule has 1 aliphatic carbocycles. The molecule has 0 aromatic carbocycles. The van der Waals surface area contributed by atoms with Crippen LogP contribution >= 0.6 is 11.3 Å². The van der Waals surface area contributed by atoms with Crippen LogP contribution in [0.5, 0.6) is 0 Å². The lowest BCUT2D eigenvalue weighted by Gasteiger charge is -2.23. The molecule has 2 aromatic rings.